The summed E-state index contributed by atoms with van der Waals surface area (Å²) in [4.78, 5) is 12.0. The molecule has 0 unspecified atom stereocenters. The maximum absolute atomic E-state index is 12.0. The third-order valence-corrected chi connectivity index (χ3v) is 3.39. The monoisotopic (exact) mass is 312 g/mol. The number of amides is 1. The van der Waals surface area contributed by atoms with E-state index in [1.165, 1.54) is 0 Å². The van der Waals surface area contributed by atoms with Gasteiger partial charge in [0.25, 0.3) is 5.91 Å². The summed E-state index contributed by atoms with van der Waals surface area (Å²) in [6.07, 6.45) is 0.494. The van der Waals surface area contributed by atoms with Crippen LogP contribution < -0.4 is 15.4 Å². The zero-order valence-electron chi connectivity index (χ0n) is 12.2. The fourth-order valence-electron chi connectivity index (χ4n) is 2.07. The largest absolute Gasteiger partial charge is 0.493 e. The second-order valence-corrected chi connectivity index (χ2v) is 5.32. The number of hydrogen-bond acceptors (Lipinski definition) is 4. The highest BCUT2D eigenvalue weighted by atomic mass is 35.5. The van der Waals surface area contributed by atoms with Crippen molar-refractivity contribution in [2.24, 2.45) is 0 Å². The molecule has 1 heterocycles. The quantitative estimate of drug-likeness (QED) is 0.840. The number of carbonyl (C=O) groups excluding carboxylic acids is 1. The van der Waals surface area contributed by atoms with Gasteiger partial charge >= 0.3 is 0 Å². The first-order chi connectivity index (χ1) is 10.2. The van der Waals surface area contributed by atoms with Crippen LogP contribution in [-0.2, 0) is 16.1 Å². The average Bonchev–Trinajstić information content (AvgIpc) is 2.52. The van der Waals surface area contributed by atoms with Crippen molar-refractivity contribution in [3.63, 3.8) is 0 Å². The van der Waals surface area contributed by atoms with Crippen LogP contribution in [0.1, 0.15) is 18.9 Å². The number of halogens is 1. The fourth-order valence-corrected chi connectivity index (χ4v) is 2.26. The van der Waals surface area contributed by atoms with Gasteiger partial charge < -0.3 is 20.1 Å². The molecule has 1 aliphatic heterocycles. The van der Waals surface area contributed by atoms with Crippen molar-refractivity contribution in [1.82, 2.24) is 10.6 Å². The summed E-state index contributed by atoms with van der Waals surface area (Å²) in [6.45, 7) is 4.94. The Morgan fingerprint density at radius 1 is 1.57 bits per heavy atom. The lowest BCUT2D eigenvalue weighted by Crippen LogP contribution is -2.47. The fraction of sp³-hybridized carbons (Fsp3) is 0.533. The van der Waals surface area contributed by atoms with Crippen LogP contribution in [0.3, 0.4) is 0 Å². The topological polar surface area (TPSA) is 59.6 Å². The minimum atomic E-state index is -0.432. The van der Waals surface area contributed by atoms with Gasteiger partial charge in [0.05, 0.1) is 13.2 Å². The third-order valence-electron chi connectivity index (χ3n) is 3.16. The van der Waals surface area contributed by atoms with Crippen molar-refractivity contribution in [2.75, 3.05) is 26.3 Å². The standard InChI is InChI=1S/C15H21ClN2O3/c1-2-6-20-13-4-3-12(16)8-11(13)9-18-15(19)14-10-17-5-7-21-14/h3-4,8,14,17H,2,5-7,9-10H2,1H3,(H,18,19)/t14-/m0/s1. The molecule has 0 aliphatic carbocycles. The average molecular weight is 313 g/mol. The van der Waals surface area contributed by atoms with Crippen molar-refractivity contribution in [1.29, 1.82) is 0 Å². The number of benzene rings is 1. The molecule has 1 aliphatic rings. The summed E-state index contributed by atoms with van der Waals surface area (Å²) in [6, 6.07) is 5.43. The van der Waals surface area contributed by atoms with Crippen molar-refractivity contribution in [3.8, 4) is 5.75 Å². The van der Waals surface area contributed by atoms with E-state index in [1.807, 2.05) is 19.1 Å². The summed E-state index contributed by atoms with van der Waals surface area (Å²) in [7, 11) is 0. The van der Waals surface area contributed by atoms with Crippen LogP contribution in [0.5, 0.6) is 5.75 Å². The molecular weight excluding hydrogens is 292 g/mol. The van der Waals surface area contributed by atoms with Crippen LogP contribution in [0.2, 0.25) is 5.02 Å². The van der Waals surface area contributed by atoms with Crippen molar-refractivity contribution in [3.05, 3.63) is 28.8 Å². The van der Waals surface area contributed by atoms with Crippen LogP contribution in [0.25, 0.3) is 0 Å². The molecule has 116 valence electrons. The number of ether oxygens (including phenoxy) is 2. The zero-order chi connectivity index (χ0) is 15.1. The van der Waals surface area contributed by atoms with Gasteiger partial charge in [0, 0.05) is 30.2 Å². The van der Waals surface area contributed by atoms with Gasteiger partial charge in [0.1, 0.15) is 11.9 Å². The molecule has 0 saturated carbocycles. The van der Waals surface area contributed by atoms with E-state index in [0.717, 1.165) is 24.3 Å². The molecule has 1 fully saturated rings. The Morgan fingerprint density at radius 3 is 3.14 bits per heavy atom. The molecule has 21 heavy (non-hydrogen) atoms. The molecule has 1 aromatic carbocycles. The van der Waals surface area contributed by atoms with Gasteiger partial charge in [-0.05, 0) is 24.6 Å². The van der Waals surface area contributed by atoms with E-state index in [1.54, 1.807) is 6.07 Å². The molecule has 1 amide bonds. The van der Waals surface area contributed by atoms with E-state index in [-0.39, 0.29) is 5.91 Å². The Hall–Kier alpha value is -1.30. The van der Waals surface area contributed by atoms with Gasteiger partial charge in [-0.2, -0.15) is 0 Å². The van der Waals surface area contributed by atoms with E-state index in [9.17, 15) is 4.79 Å². The molecule has 1 saturated heterocycles. The lowest BCUT2D eigenvalue weighted by Gasteiger charge is -2.23. The predicted molar refractivity (Wildman–Crippen MR) is 81.7 cm³/mol. The van der Waals surface area contributed by atoms with Crippen LogP contribution in [0, 0.1) is 0 Å². The van der Waals surface area contributed by atoms with Crippen LogP contribution in [0.4, 0.5) is 0 Å². The Labute approximate surface area is 130 Å². The Balaban J connectivity index is 1.94. The highest BCUT2D eigenvalue weighted by Gasteiger charge is 2.21. The van der Waals surface area contributed by atoms with Gasteiger partial charge in [-0.25, -0.2) is 0 Å². The van der Waals surface area contributed by atoms with E-state index in [4.69, 9.17) is 21.1 Å². The summed E-state index contributed by atoms with van der Waals surface area (Å²) < 4.78 is 11.1. The van der Waals surface area contributed by atoms with Gasteiger partial charge in [-0.3, -0.25) is 4.79 Å². The molecule has 1 aromatic rings. The maximum atomic E-state index is 12.0. The molecule has 2 rings (SSSR count). The van der Waals surface area contributed by atoms with Crippen LogP contribution in [0.15, 0.2) is 18.2 Å². The first-order valence-electron chi connectivity index (χ1n) is 7.22. The molecular formula is C15H21ClN2O3. The first kappa shape index (κ1) is 16.1. The lowest BCUT2D eigenvalue weighted by molar-refractivity contribution is -0.134. The van der Waals surface area contributed by atoms with Crippen LogP contribution in [-0.4, -0.2) is 38.3 Å². The van der Waals surface area contributed by atoms with Gasteiger partial charge in [0.2, 0.25) is 0 Å². The molecule has 2 N–H and O–H groups in total. The second kappa shape index (κ2) is 8.22. The molecule has 0 radical (unpaired) electrons. The Kier molecular flexibility index (Phi) is 6.29. The minimum absolute atomic E-state index is 0.122. The second-order valence-electron chi connectivity index (χ2n) is 4.88. The summed E-state index contributed by atoms with van der Waals surface area (Å²) >= 11 is 6.01. The molecule has 0 bridgehead atoms. The number of carbonyl (C=O) groups is 1. The van der Waals surface area contributed by atoms with Crippen molar-refractivity contribution < 1.29 is 14.3 Å². The Bertz CT molecular complexity index is 476. The van der Waals surface area contributed by atoms with Gasteiger partial charge in [-0.15, -0.1) is 0 Å². The van der Waals surface area contributed by atoms with E-state index >= 15 is 0 Å². The number of rotatable bonds is 6. The van der Waals surface area contributed by atoms with E-state index < -0.39 is 6.10 Å². The SMILES string of the molecule is CCCOc1ccc(Cl)cc1CNC(=O)[C@@H]1CNCCO1. The molecule has 0 spiro atoms. The van der Waals surface area contributed by atoms with Crippen molar-refractivity contribution in [2.45, 2.75) is 26.0 Å². The summed E-state index contributed by atoms with van der Waals surface area (Å²) in [5.41, 5.74) is 0.869. The number of nitrogens with one attached hydrogen (secondary N) is 2. The minimum Gasteiger partial charge on any atom is -0.493 e. The van der Waals surface area contributed by atoms with Crippen molar-refractivity contribution >= 4 is 17.5 Å². The first-order valence-corrected chi connectivity index (χ1v) is 7.59. The van der Waals surface area contributed by atoms with Crippen LogP contribution >= 0.6 is 11.6 Å². The van der Waals surface area contributed by atoms with E-state index in [0.29, 0.717) is 31.3 Å². The van der Waals surface area contributed by atoms with Gasteiger partial charge in [-0.1, -0.05) is 18.5 Å². The predicted octanol–water partition coefficient (Wildman–Crippen LogP) is 1.73. The molecule has 5 nitrogen and oxygen atoms in total. The zero-order valence-corrected chi connectivity index (χ0v) is 12.9. The maximum Gasteiger partial charge on any atom is 0.250 e. The third kappa shape index (κ3) is 4.88. The molecule has 1 atom stereocenters. The number of morpholine rings is 1. The summed E-state index contributed by atoms with van der Waals surface area (Å²) in [5, 5.41) is 6.62. The highest BCUT2D eigenvalue weighted by Crippen LogP contribution is 2.23. The molecule has 0 aromatic heterocycles. The smallest absolute Gasteiger partial charge is 0.250 e. The lowest BCUT2D eigenvalue weighted by atomic mass is 10.2. The normalized spacial score (nSPS) is 18.3. The summed E-state index contributed by atoms with van der Waals surface area (Å²) in [5.74, 6) is 0.632. The number of hydrogen-bond donors (Lipinski definition) is 2. The van der Waals surface area contributed by atoms with Gasteiger partial charge in [0.15, 0.2) is 0 Å². The molecule has 6 heteroatoms. The van der Waals surface area contributed by atoms with E-state index in [2.05, 4.69) is 10.6 Å². The highest BCUT2D eigenvalue weighted by molar-refractivity contribution is 6.30. The Morgan fingerprint density at radius 2 is 2.43 bits per heavy atom.